The van der Waals surface area contributed by atoms with Crippen LogP contribution in [-0.4, -0.2) is 67.5 Å². The lowest BCUT2D eigenvalue weighted by Crippen LogP contribution is -2.36. The minimum absolute atomic E-state index is 0.00969. The Hall–Kier alpha value is -1.79. The zero-order chi connectivity index (χ0) is 15.2. The normalized spacial score (nSPS) is 14.0. The molecule has 21 heavy (non-hydrogen) atoms. The van der Waals surface area contributed by atoms with Gasteiger partial charge in [0, 0.05) is 13.1 Å². The molecule has 2 rings (SSSR count). The van der Waals surface area contributed by atoms with Crippen LogP contribution in [0.5, 0.6) is 5.75 Å². The Bertz CT molecular complexity index is 493. The quantitative estimate of drug-likeness (QED) is 0.760. The average molecular weight is 294 g/mol. The molecule has 0 radical (unpaired) electrons. The molecular weight excluding hydrogens is 272 g/mol. The minimum Gasteiger partial charge on any atom is -0.490 e. The Balaban J connectivity index is 2.07. The summed E-state index contributed by atoms with van der Waals surface area (Å²) in [6.45, 7) is 2.75. The maximum absolute atomic E-state index is 10.9. The number of carboxylic acid groups (broad SMARTS) is 1. The first-order valence-electron chi connectivity index (χ1n) is 7.12. The van der Waals surface area contributed by atoms with E-state index in [4.69, 9.17) is 14.9 Å². The predicted octanol–water partition coefficient (Wildman–Crippen LogP) is 0.437. The summed E-state index contributed by atoms with van der Waals surface area (Å²) in [4.78, 5) is 14.8. The first-order valence-corrected chi connectivity index (χ1v) is 7.12. The number of anilines is 1. The third-order valence-electron chi connectivity index (χ3n) is 3.57. The molecule has 6 nitrogen and oxygen atoms in total. The van der Waals surface area contributed by atoms with E-state index in [0.29, 0.717) is 19.7 Å². The number of carboxylic acids is 1. The van der Waals surface area contributed by atoms with Crippen LogP contribution >= 0.6 is 0 Å². The maximum Gasteiger partial charge on any atom is 0.323 e. The number of carbonyl (C=O) groups is 1. The molecule has 1 aromatic rings. The smallest absolute Gasteiger partial charge is 0.323 e. The SMILES string of the molecule is CN(CCO)CCc1ccc2c(c1)N(CC(=O)O)CCO2. The van der Waals surface area contributed by atoms with Crippen molar-refractivity contribution >= 4 is 11.7 Å². The Kier molecular flexibility index (Phi) is 5.41. The molecule has 0 bridgehead atoms. The molecule has 1 aromatic carbocycles. The average Bonchev–Trinajstić information content (AvgIpc) is 2.45. The monoisotopic (exact) mass is 294 g/mol. The van der Waals surface area contributed by atoms with Gasteiger partial charge >= 0.3 is 5.97 Å². The summed E-state index contributed by atoms with van der Waals surface area (Å²) in [5.74, 6) is -0.0918. The van der Waals surface area contributed by atoms with Gasteiger partial charge in [-0.05, 0) is 31.2 Å². The number of benzene rings is 1. The van der Waals surface area contributed by atoms with Gasteiger partial charge in [-0.3, -0.25) is 4.79 Å². The van der Waals surface area contributed by atoms with Crippen molar-refractivity contribution in [1.29, 1.82) is 0 Å². The van der Waals surface area contributed by atoms with E-state index in [9.17, 15) is 4.79 Å². The number of nitrogens with zero attached hydrogens (tertiary/aromatic N) is 2. The zero-order valence-corrected chi connectivity index (χ0v) is 12.3. The largest absolute Gasteiger partial charge is 0.490 e. The fourth-order valence-electron chi connectivity index (χ4n) is 2.40. The summed E-state index contributed by atoms with van der Waals surface area (Å²) in [5.41, 5.74) is 1.99. The molecule has 0 unspecified atom stereocenters. The molecule has 0 aliphatic carbocycles. The lowest BCUT2D eigenvalue weighted by Gasteiger charge is -2.30. The molecule has 0 spiro atoms. The summed E-state index contributed by atoms with van der Waals surface area (Å²) < 4.78 is 5.58. The van der Waals surface area contributed by atoms with E-state index >= 15 is 0 Å². The fourth-order valence-corrected chi connectivity index (χ4v) is 2.40. The number of hydrogen-bond acceptors (Lipinski definition) is 5. The molecule has 1 aliphatic rings. The van der Waals surface area contributed by atoms with E-state index in [0.717, 1.165) is 30.0 Å². The van der Waals surface area contributed by atoms with E-state index in [2.05, 4.69) is 4.90 Å². The van der Waals surface area contributed by atoms with Crippen LogP contribution in [0.1, 0.15) is 5.56 Å². The Labute approximate surface area is 124 Å². The first-order chi connectivity index (χ1) is 10.1. The molecule has 0 fully saturated rings. The lowest BCUT2D eigenvalue weighted by molar-refractivity contribution is -0.135. The van der Waals surface area contributed by atoms with Crippen molar-refractivity contribution in [2.24, 2.45) is 0 Å². The van der Waals surface area contributed by atoms with Crippen LogP contribution in [0.15, 0.2) is 18.2 Å². The molecule has 1 aliphatic heterocycles. The first kappa shape index (κ1) is 15.6. The molecule has 2 N–H and O–H groups in total. The highest BCUT2D eigenvalue weighted by Crippen LogP contribution is 2.32. The van der Waals surface area contributed by atoms with Gasteiger partial charge in [0.1, 0.15) is 18.9 Å². The summed E-state index contributed by atoms with van der Waals surface area (Å²) in [7, 11) is 1.97. The molecule has 0 aromatic heterocycles. The van der Waals surface area contributed by atoms with E-state index < -0.39 is 5.97 Å². The zero-order valence-electron chi connectivity index (χ0n) is 12.3. The number of rotatable bonds is 7. The molecule has 0 saturated carbocycles. The standard InChI is InChI=1S/C15H22N2O4/c1-16(6-8-18)5-4-12-2-3-14-13(10-12)17(7-9-21-14)11-15(19)20/h2-3,10,18H,4-9,11H2,1H3,(H,19,20). The van der Waals surface area contributed by atoms with Crippen LogP contribution < -0.4 is 9.64 Å². The number of fused-ring (bicyclic) bond motifs is 1. The van der Waals surface area contributed by atoms with Crippen molar-refractivity contribution in [3.63, 3.8) is 0 Å². The second-order valence-corrected chi connectivity index (χ2v) is 5.24. The highest BCUT2D eigenvalue weighted by atomic mass is 16.5. The second kappa shape index (κ2) is 7.28. The van der Waals surface area contributed by atoms with Crippen LogP contribution in [0.2, 0.25) is 0 Å². The van der Waals surface area contributed by atoms with Gasteiger partial charge in [-0.2, -0.15) is 0 Å². The van der Waals surface area contributed by atoms with Crippen molar-refractivity contribution in [3.05, 3.63) is 23.8 Å². The van der Waals surface area contributed by atoms with Gasteiger partial charge in [-0.15, -0.1) is 0 Å². The Morgan fingerprint density at radius 1 is 1.43 bits per heavy atom. The third kappa shape index (κ3) is 4.34. The highest BCUT2D eigenvalue weighted by molar-refractivity contribution is 5.75. The molecule has 116 valence electrons. The van der Waals surface area contributed by atoms with E-state index in [1.807, 2.05) is 30.1 Å². The summed E-state index contributed by atoms with van der Waals surface area (Å²) in [6.07, 6.45) is 0.852. The lowest BCUT2D eigenvalue weighted by atomic mass is 10.1. The Morgan fingerprint density at radius 3 is 2.95 bits per heavy atom. The van der Waals surface area contributed by atoms with Gasteiger partial charge in [0.2, 0.25) is 0 Å². The van der Waals surface area contributed by atoms with Gasteiger partial charge in [0.25, 0.3) is 0 Å². The number of ether oxygens (including phenoxy) is 1. The van der Waals surface area contributed by atoms with Crippen molar-refractivity contribution in [3.8, 4) is 5.75 Å². The minimum atomic E-state index is -0.837. The van der Waals surface area contributed by atoms with E-state index in [1.165, 1.54) is 0 Å². The van der Waals surface area contributed by atoms with Crippen molar-refractivity contribution in [2.45, 2.75) is 6.42 Å². The summed E-state index contributed by atoms with van der Waals surface area (Å²) in [6, 6.07) is 5.92. The van der Waals surface area contributed by atoms with E-state index in [1.54, 1.807) is 0 Å². The predicted molar refractivity (Wildman–Crippen MR) is 80.1 cm³/mol. The van der Waals surface area contributed by atoms with Gasteiger partial charge in [-0.1, -0.05) is 6.07 Å². The number of hydrogen-bond donors (Lipinski definition) is 2. The fraction of sp³-hybridized carbons (Fsp3) is 0.533. The van der Waals surface area contributed by atoms with Crippen LogP contribution in [0.25, 0.3) is 0 Å². The van der Waals surface area contributed by atoms with Crippen molar-refractivity contribution in [2.75, 3.05) is 51.3 Å². The molecular formula is C15H22N2O4. The summed E-state index contributed by atoms with van der Waals surface area (Å²) >= 11 is 0. The van der Waals surface area contributed by atoms with Gasteiger partial charge in [-0.25, -0.2) is 0 Å². The van der Waals surface area contributed by atoms with Gasteiger partial charge in [0.15, 0.2) is 0 Å². The van der Waals surface area contributed by atoms with Gasteiger partial charge < -0.3 is 24.7 Å². The number of likely N-dealkylation sites (N-methyl/N-ethyl adjacent to an activating group) is 1. The topological polar surface area (TPSA) is 73.2 Å². The summed E-state index contributed by atoms with van der Waals surface area (Å²) in [5, 5.41) is 17.9. The van der Waals surface area contributed by atoms with Crippen molar-refractivity contribution < 1.29 is 19.7 Å². The van der Waals surface area contributed by atoms with Crippen molar-refractivity contribution in [1.82, 2.24) is 4.90 Å². The highest BCUT2D eigenvalue weighted by Gasteiger charge is 2.20. The number of aliphatic carboxylic acids is 1. The molecule has 0 amide bonds. The maximum atomic E-state index is 10.9. The van der Waals surface area contributed by atoms with Gasteiger partial charge in [0.05, 0.1) is 18.8 Å². The number of aliphatic hydroxyl groups is 1. The second-order valence-electron chi connectivity index (χ2n) is 5.24. The van der Waals surface area contributed by atoms with Crippen LogP contribution in [-0.2, 0) is 11.2 Å². The third-order valence-corrected chi connectivity index (χ3v) is 3.57. The molecule has 0 saturated heterocycles. The Morgan fingerprint density at radius 2 is 2.24 bits per heavy atom. The molecule has 0 atom stereocenters. The molecule has 1 heterocycles. The molecule has 6 heteroatoms. The van der Waals surface area contributed by atoms with Crippen LogP contribution in [0, 0.1) is 0 Å². The number of aliphatic hydroxyl groups excluding tert-OH is 1. The van der Waals surface area contributed by atoms with E-state index in [-0.39, 0.29) is 13.2 Å². The van der Waals surface area contributed by atoms with Crippen LogP contribution in [0.3, 0.4) is 0 Å². The van der Waals surface area contributed by atoms with Crippen LogP contribution in [0.4, 0.5) is 5.69 Å².